The third-order valence-electron chi connectivity index (χ3n) is 5.12. The zero-order valence-electron chi connectivity index (χ0n) is 15.0. The lowest BCUT2D eigenvalue weighted by molar-refractivity contribution is -0.118. The number of anilines is 1. The Hall–Kier alpha value is -2.96. The summed E-state index contributed by atoms with van der Waals surface area (Å²) in [4.78, 5) is 18.1. The molecule has 1 aromatic carbocycles. The molecule has 0 radical (unpaired) electrons. The lowest BCUT2D eigenvalue weighted by Crippen LogP contribution is -2.37. The van der Waals surface area contributed by atoms with Gasteiger partial charge in [0.1, 0.15) is 11.6 Å². The number of halogens is 1. The summed E-state index contributed by atoms with van der Waals surface area (Å²) in [5.41, 5.74) is 7.72. The first-order valence-corrected chi connectivity index (χ1v) is 9.24. The normalized spacial score (nSPS) is 17.4. The van der Waals surface area contributed by atoms with E-state index < -0.39 is 0 Å². The van der Waals surface area contributed by atoms with Crippen molar-refractivity contribution in [3.63, 3.8) is 0 Å². The van der Waals surface area contributed by atoms with Crippen molar-refractivity contribution in [1.29, 1.82) is 0 Å². The minimum absolute atomic E-state index is 0.246. The van der Waals surface area contributed by atoms with E-state index in [9.17, 15) is 9.18 Å². The summed E-state index contributed by atoms with van der Waals surface area (Å²) in [7, 11) is 0. The molecule has 3 aromatic rings. The van der Waals surface area contributed by atoms with Gasteiger partial charge in [0.05, 0.1) is 11.9 Å². The molecule has 2 N–H and O–H groups in total. The Labute approximate surface area is 156 Å². The van der Waals surface area contributed by atoms with Gasteiger partial charge in [0.2, 0.25) is 5.91 Å². The molecule has 0 aliphatic carbocycles. The lowest BCUT2D eigenvalue weighted by Gasteiger charge is -2.34. The Bertz CT molecular complexity index is 953. The van der Waals surface area contributed by atoms with Crippen molar-refractivity contribution in [2.75, 3.05) is 18.0 Å². The maximum absolute atomic E-state index is 13.3. The second-order valence-electron chi connectivity index (χ2n) is 7.07. The van der Waals surface area contributed by atoms with Crippen LogP contribution in [0, 0.1) is 11.7 Å². The number of amides is 1. The van der Waals surface area contributed by atoms with Crippen molar-refractivity contribution in [2.45, 2.75) is 25.7 Å². The van der Waals surface area contributed by atoms with E-state index in [1.807, 2.05) is 16.6 Å². The number of benzene rings is 1. The first kappa shape index (κ1) is 17.5. The van der Waals surface area contributed by atoms with E-state index in [4.69, 9.17) is 5.73 Å². The monoisotopic (exact) mass is 367 g/mol. The van der Waals surface area contributed by atoms with Gasteiger partial charge in [0, 0.05) is 37.2 Å². The third kappa shape index (κ3) is 3.77. The Kier molecular flexibility index (Phi) is 4.75. The van der Waals surface area contributed by atoms with Crippen molar-refractivity contribution in [2.24, 2.45) is 11.7 Å². The predicted octanol–water partition coefficient (Wildman–Crippen LogP) is 3.02. The molecule has 4 rings (SSSR count). The van der Waals surface area contributed by atoms with Crippen molar-refractivity contribution >= 4 is 17.4 Å². The number of hydrogen-bond donors (Lipinski definition) is 1. The predicted molar refractivity (Wildman–Crippen MR) is 102 cm³/mol. The van der Waals surface area contributed by atoms with Crippen molar-refractivity contribution < 1.29 is 9.18 Å². The van der Waals surface area contributed by atoms with Gasteiger partial charge in [-0.2, -0.15) is 9.61 Å². The SMILES string of the molecule is NC(=O)CC[C@H]1CCCN(c2cc(-c3ccc(F)cc3)nc3ccnn23)C1. The molecule has 0 saturated carbocycles. The number of aromatic nitrogens is 3. The Balaban J connectivity index is 1.67. The molecule has 7 heteroatoms. The minimum atomic E-state index is -0.266. The van der Waals surface area contributed by atoms with E-state index in [1.54, 1.807) is 18.3 Å². The largest absolute Gasteiger partial charge is 0.370 e. The topological polar surface area (TPSA) is 76.5 Å². The van der Waals surface area contributed by atoms with Gasteiger partial charge in [-0.1, -0.05) is 0 Å². The van der Waals surface area contributed by atoms with Crippen LogP contribution in [0.3, 0.4) is 0 Å². The van der Waals surface area contributed by atoms with Gasteiger partial charge < -0.3 is 10.6 Å². The molecule has 3 heterocycles. The van der Waals surface area contributed by atoms with E-state index in [-0.39, 0.29) is 11.7 Å². The van der Waals surface area contributed by atoms with E-state index in [2.05, 4.69) is 15.0 Å². The van der Waals surface area contributed by atoms with Gasteiger partial charge in [-0.25, -0.2) is 9.37 Å². The Morgan fingerprint density at radius 3 is 2.85 bits per heavy atom. The first-order valence-electron chi connectivity index (χ1n) is 9.24. The summed E-state index contributed by atoms with van der Waals surface area (Å²) < 4.78 is 15.1. The third-order valence-corrected chi connectivity index (χ3v) is 5.12. The molecule has 1 saturated heterocycles. The van der Waals surface area contributed by atoms with Crippen LogP contribution in [0.1, 0.15) is 25.7 Å². The highest BCUT2D eigenvalue weighted by Crippen LogP contribution is 2.29. The maximum atomic E-state index is 13.3. The van der Waals surface area contributed by atoms with Gasteiger partial charge in [0.15, 0.2) is 5.65 Å². The number of nitrogens with two attached hydrogens (primary N) is 1. The molecular formula is C20H22FN5O. The van der Waals surface area contributed by atoms with E-state index in [1.165, 1.54) is 12.1 Å². The number of fused-ring (bicyclic) bond motifs is 1. The number of carbonyl (C=O) groups excluding carboxylic acids is 1. The van der Waals surface area contributed by atoms with Crippen LogP contribution in [0.15, 0.2) is 42.6 Å². The molecule has 0 spiro atoms. The molecular weight excluding hydrogens is 345 g/mol. The zero-order valence-corrected chi connectivity index (χ0v) is 15.0. The summed E-state index contributed by atoms with van der Waals surface area (Å²) in [6.07, 6.45) is 5.12. The number of hydrogen-bond acceptors (Lipinski definition) is 4. The highest BCUT2D eigenvalue weighted by molar-refractivity contribution is 5.73. The number of piperidine rings is 1. The van der Waals surface area contributed by atoms with Gasteiger partial charge >= 0.3 is 0 Å². The van der Waals surface area contributed by atoms with Crippen LogP contribution in [-0.2, 0) is 4.79 Å². The first-order chi connectivity index (χ1) is 13.1. The number of nitrogens with zero attached hydrogens (tertiary/aromatic N) is 4. The van der Waals surface area contributed by atoms with Crippen molar-refractivity contribution in [1.82, 2.24) is 14.6 Å². The number of carbonyl (C=O) groups is 1. The molecule has 27 heavy (non-hydrogen) atoms. The average Bonchev–Trinajstić information content (AvgIpc) is 3.15. The molecule has 1 aliphatic rings. The van der Waals surface area contributed by atoms with Crippen molar-refractivity contribution in [3.8, 4) is 11.3 Å². The van der Waals surface area contributed by atoms with E-state index in [0.29, 0.717) is 12.3 Å². The summed E-state index contributed by atoms with van der Waals surface area (Å²) in [6, 6.07) is 10.2. The smallest absolute Gasteiger partial charge is 0.217 e. The molecule has 0 unspecified atom stereocenters. The fourth-order valence-corrected chi connectivity index (χ4v) is 3.75. The standard InChI is InChI=1S/C20H22FN5O/c21-16-6-4-15(5-7-16)17-12-20(26-19(24-17)9-10-23-26)25-11-1-2-14(13-25)3-8-18(22)27/h4-7,9-10,12,14H,1-3,8,11,13H2,(H2,22,27)/t14-/m1/s1. The molecule has 2 aromatic heterocycles. The molecule has 1 atom stereocenters. The van der Waals surface area contributed by atoms with E-state index >= 15 is 0 Å². The molecule has 0 bridgehead atoms. The van der Waals surface area contributed by atoms with E-state index in [0.717, 1.165) is 55.1 Å². The lowest BCUT2D eigenvalue weighted by atomic mass is 9.93. The minimum Gasteiger partial charge on any atom is -0.370 e. The summed E-state index contributed by atoms with van der Waals surface area (Å²) in [5.74, 6) is 0.884. The Morgan fingerprint density at radius 2 is 2.07 bits per heavy atom. The molecule has 1 aliphatic heterocycles. The number of rotatable bonds is 5. The van der Waals surface area contributed by atoms with Gasteiger partial charge in [0.25, 0.3) is 0 Å². The molecule has 6 nitrogen and oxygen atoms in total. The molecule has 140 valence electrons. The van der Waals surface area contributed by atoms with Crippen LogP contribution >= 0.6 is 0 Å². The highest BCUT2D eigenvalue weighted by Gasteiger charge is 2.23. The van der Waals surface area contributed by atoms with Crippen LogP contribution in [0.5, 0.6) is 0 Å². The molecule has 1 amide bonds. The van der Waals surface area contributed by atoms with Crippen LogP contribution < -0.4 is 10.6 Å². The van der Waals surface area contributed by atoms with Gasteiger partial charge in [-0.15, -0.1) is 0 Å². The second kappa shape index (κ2) is 7.34. The number of primary amides is 1. The fourth-order valence-electron chi connectivity index (χ4n) is 3.75. The van der Waals surface area contributed by atoms with Crippen molar-refractivity contribution in [3.05, 3.63) is 48.4 Å². The summed E-state index contributed by atoms with van der Waals surface area (Å²) in [5, 5.41) is 4.42. The fraction of sp³-hybridized carbons (Fsp3) is 0.350. The quantitative estimate of drug-likeness (QED) is 0.752. The maximum Gasteiger partial charge on any atom is 0.217 e. The van der Waals surface area contributed by atoms with Crippen LogP contribution in [-0.4, -0.2) is 33.6 Å². The summed E-state index contributed by atoms with van der Waals surface area (Å²) in [6.45, 7) is 1.78. The highest BCUT2D eigenvalue weighted by atomic mass is 19.1. The summed E-state index contributed by atoms with van der Waals surface area (Å²) >= 11 is 0. The van der Waals surface area contributed by atoms with Crippen LogP contribution in [0.25, 0.3) is 16.9 Å². The second-order valence-corrected chi connectivity index (χ2v) is 7.07. The average molecular weight is 367 g/mol. The van der Waals surface area contributed by atoms with Gasteiger partial charge in [-0.3, -0.25) is 4.79 Å². The van der Waals surface area contributed by atoms with Gasteiger partial charge in [-0.05, 0) is 49.4 Å². The molecule has 1 fully saturated rings. The van der Waals surface area contributed by atoms with Crippen LogP contribution in [0.2, 0.25) is 0 Å². The van der Waals surface area contributed by atoms with Crippen LogP contribution in [0.4, 0.5) is 10.2 Å². The Morgan fingerprint density at radius 1 is 1.26 bits per heavy atom. The zero-order chi connectivity index (χ0) is 18.8.